The molecule has 0 heterocycles. The highest BCUT2D eigenvalue weighted by Crippen LogP contribution is 2.24. The Labute approximate surface area is 729 Å². The Balaban J connectivity index is 0.00000119. The Kier molecular flexibility index (Phi) is 78.0. The molecule has 2 aromatic carbocycles. The lowest BCUT2D eigenvalue weighted by atomic mass is 10.0. The smallest absolute Gasteiger partial charge is 0.306 e. The first-order valence-corrected chi connectivity index (χ1v) is 50.8. The summed E-state index contributed by atoms with van der Waals surface area (Å²) in [6.07, 6.45) is 77.1. The fourth-order valence-electron chi connectivity index (χ4n) is 16.3. The highest BCUT2D eigenvalue weighted by Gasteiger charge is 2.23. The molecule has 119 heavy (non-hydrogen) atoms. The number of nitrogens with one attached hydrogen (secondary N) is 3. The standard InChI is InChI=1S/C51H95N3O6.C50H93N3O6/c1-6-9-12-15-18-27-34-44-59-46(55)38-30-23-19-25-32-41-54(43-35-40-52-48-49(53(4)5)51(58)50(48)57)42-33-26-20-24-31-39-47(56)60-45(36-28-21-16-13-10-7-2)37-29-22-17-14-11-8-3;1-5-8-11-14-17-26-33-43-58-45(54)37-29-22-18-24-31-40-53(42-34-39-52-48-47(51-4)49(56)50(48)57)41-32-25-19-23-30-38-46(55)59-44(35-27-20-15-12-9-6-2)36-28-21-16-13-10-7-3/h45,52H,6-44H2,1-5H3;44,51-52H,5-43H2,1-4H3. The molecule has 18 heteroatoms. The number of nitrogens with zero attached hydrogens (tertiary/aromatic N) is 3. The van der Waals surface area contributed by atoms with E-state index in [2.05, 4.69) is 67.3 Å². The molecule has 2 rings (SSSR count). The number of carbonyl (C=O) groups is 4. The second kappa shape index (κ2) is 82.7. The summed E-state index contributed by atoms with van der Waals surface area (Å²) in [6, 6.07) is 0. The SMILES string of the molecule is CCCCCCCCCOC(=O)CCCCCCCN(CCCCCCCC(=O)OC(CCCCCCCC)CCCCCCCC)CCCNc1c(N(C)C)c(=O)c1=O.CCCCCCCCCOC(=O)CCCCCCCN(CCCCCCCC(=O)OC(CCCCCCCC)CCCCCCCC)CCCNc1c(NC)c(=O)c1=O. The maximum Gasteiger partial charge on any atom is 0.306 e. The van der Waals surface area contributed by atoms with Gasteiger partial charge in [0.25, 0.3) is 21.7 Å². The van der Waals surface area contributed by atoms with Crippen molar-refractivity contribution < 1.29 is 38.1 Å². The van der Waals surface area contributed by atoms with Crippen LogP contribution in [-0.4, -0.2) is 133 Å². The Morgan fingerprint density at radius 1 is 0.269 bits per heavy atom. The van der Waals surface area contributed by atoms with E-state index in [9.17, 15) is 38.4 Å². The summed E-state index contributed by atoms with van der Waals surface area (Å²) in [5.41, 5.74) is 0.0560. The summed E-state index contributed by atoms with van der Waals surface area (Å²) < 4.78 is 23.0. The molecule has 0 aromatic heterocycles. The van der Waals surface area contributed by atoms with Gasteiger partial charge in [0.1, 0.15) is 35.0 Å². The molecule has 0 saturated carbocycles. The molecule has 0 bridgehead atoms. The van der Waals surface area contributed by atoms with Crippen LogP contribution in [0.4, 0.5) is 22.7 Å². The number of ether oxygens (including phenoxy) is 4. The minimum absolute atomic E-state index is 0.00285. The van der Waals surface area contributed by atoms with E-state index in [0.717, 1.165) is 232 Å². The molecular weight excluding hydrogens is 1490 g/mol. The zero-order valence-electron chi connectivity index (χ0n) is 79.0. The van der Waals surface area contributed by atoms with Crippen molar-refractivity contribution in [1.82, 2.24) is 9.80 Å². The number of carbonyl (C=O) groups excluding carboxylic acids is 4. The quantitative estimate of drug-likeness (QED) is 0.0243. The van der Waals surface area contributed by atoms with E-state index >= 15 is 0 Å². The van der Waals surface area contributed by atoms with Gasteiger partial charge < -0.3 is 49.6 Å². The first kappa shape index (κ1) is 112. The van der Waals surface area contributed by atoms with E-state index in [4.69, 9.17) is 18.9 Å². The average Bonchev–Trinajstić information content (AvgIpc) is 0.782. The summed E-state index contributed by atoms with van der Waals surface area (Å²) in [7, 11) is 5.26. The molecule has 2 aromatic rings. The number of rotatable bonds is 90. The lowest BCUT2D eigenvalue weighted by Crippen LogP contribution is -2.40. The largest absolute Gasteiger partial charge is 0.466 e. The second-order valence-corrected chi connectivity index (χ2v) is 35.4. The molecule has 0 fully saturated rings. The van der Waals surface area contributed by atoms with Gasteiger partial charge in [-0.2, -0.15) is 0 Å². The zero-order valence-corrected chi connectivity index (χ0v) is 79.0. The van der Waals surface area contributed by atoms with Crippen molar-refractivity contribution in [1.29, 1.82) is 0 Å². The van der Waals surface area contributed by atoms with Gasteiger partial charge >= 0.3 is 23.9 Å². The minimum atomic E-state index is -0.440. The number of hydrogen-bond acceptors (Lipinski definition) is 18. The third-order valence-corrected chi connectivity index (χ3v) is 24.0. The molecule has 0 saturated heterocycles. The highest BCUT2D eigenvalue weighted by molar-refractivity contribution is 5.75. The van der Waals surface area contributed by atoms with Crippen LogP contribution >= 0.6 is 0 Å². The van der Waals surface area contributed by atoms with Gasteiger partial charge in [0.05, 0.1) is 13.2 Å². The highest BCUT2D eigenvalue weighted by atomic mass is 16.6. The fourth-order valence-corrected chi connectivity index (χ4v) is 16.3. The Hall–Kier alpha value is -4.84. The number of anilines is 4. The van der Waals surface area contributed by atoms with Crippen molar-refractivity contribution in [3.05, 3.63) is 40.9 Å². The van der Waals surface area contributed by atoms with Crippen LogP contribution in [0.1, 0.15) is 478 Å². The lowest BCUT2D eigenvalue weighted by molar-refractivity contribution is -0.151. The van der Waals surface area contributed by atoms with Crippen molar-refractivity contribution in [3.8, 4) is 0 Å². The van der Waals surface area contributed by atoms with E-state index in [1.54, 1.807) is 26.0 Å². The molecule has 3 N–H and O–H groups in total. The molecule has 0 atom stereocenters. The summed E-state index contributed by atoms with van der Waals surface area (Å²) >= 11 is 0. The first-order valence-electron chi connectivity index (χ1n) is 50.8. The average molecular weight is 1680 g/mol. The van der Waals surface area contributed by atoms with Gasteiger partial charge in [-0.25, -0.2) is 0 Å². The van der Waals surface area contributed by atoms with Crippen LogP contribution in [0.5, 0.6) is 0 Å². The Morgan fingerprint density at radius 3 is 0.798 bits per heavy atom. The maximum absolute atomic E-state index is 12.9. The molecule has 18 nitrogen and oxygen atoms in total. The van der Waals surface area contributed by atoms with Crippen molar-refractivity contribution in [2.24, 2.45) is 0 Å². The predicted molar refractivity (Wildman–Crippen MR) is 506 cm³/mol. The fraction of sp³-hybridized carbons (Fsp3) is 0.881. The van der Waals surface area contributed by atoms with Gasteiger partial charge in [-0.15, -0.1) is 0 Å². The Bertz CT molecular complexity index is 2760. The molecule has 0 aliphatic heterocycles. The number of hydrogen-bond donors (Lipinski definition) is 3. The van der Waals surface area contributed by atoms with Gasteiger partial charge in [0.15, 0.2) is 0 Å². The lowest BCUT2D eigenvalue weighted by Gasteiger charge is -2.23. The van der Waals surface area contributed by atoms with Crippen LogP contribution in [-0.2, 0) is 38.1 Å². The van der Waals surface area contributed by atoms with E-state index < -0.39 is 21.7 Å². The van der Waals surface area contributed by atoms with Crippen LogP contribution < -0.4 is 42.6 Å². The van der Waals surface area contributed by atoms with E-state index in [1.807, 2.05) is 0 Å². The van der Waals surface area contributed by atoms with E-state index in [-0.39, 0.29) is 36.1 Å². The molecule has 0 amide bonds. The zero-order chi connectivity index (χ0) is 86.9. The summed E-state index contributed by atoms with van der Waals surface area (Å²) in [5, 5.41) is 9.24. The normalized spacial score (nSPS) is 11.6. The first-order chi connectivity index (χ1) is 58.1. The van der Waals surface area contributed by atoms with Crippen molar-refractivity contribution >= 4 is 46.6 Å². The van der Waals surface area contributed by atoms with Crippen molar-refractivity contribution in [3.63, 3.8) is 0 Å². The van der Waals surface area contributed by atoms with Crippen molar-refractivity contribution in [2.75, 3.05) is 108 Å². The van der Waals surface area contributed by atoms with E-state index in [0.29, 0.717) is 74.7 Å². The molecule has 0 aliphatic carbocycles. The van der Waals surface area contributed by atoms with Gasteiger partial charge in [-0.3, -0.25) is 38.4 Å². The third-order valence-electron chi connectivity index (χ3n) is 24.0. The Morgan fingerprint density at radius 2 is 0.504 bits per heavy atom. The monoisotopic (exact) mass is 1680 g/mol. The molecule has 0 unspecified atom stereocenters. The topological polar surface area (TPSA) is 219 Å². The van der Waals surface area contributed by atoms with Gasteiger partial charge in [0.2, 0.25) is 0 Å². The van der Waals surface area contributed by atoms with E-state index in [1.165, 1.54) is 218 Å². The van der Waals surface area contributed by atoms with Gasteiger partial charge in [-0.05, 0) is 168 Å². The minimum Gasteiger partial charge on any atom is -0.466 e. The van der Waals surface area contributed by atoms with Crippen LogP contribution in [0.15, 0.2) is 19.2 Å². The van der Waals surface area contributed by atoms with Crippen LogP contribution in [0.2, 0.25) is 0 Å². The van der Waals surface area contributed by atoms with Crippen molar-refractivity contribution in [2.45, 2.75) is 490 Å². The molecule has 0 radical (unpaired) electrons. The van der Waals surface area contributed by atoms with Crippen LogP contribution in [0, 0.1) is 0 Å². The maximum atomic E-state index is 12.9. The second-order valence-electron chi connectivity index (χ2n) is 35.4. The van der Waals surface area contributed by atoms with Crippen LogP contribution in [0.3, 0.4) is 0 Å². The van der Waals surface area contributed by atoms with Gasteiger partial charge in [0, 0.05) is 59.9 Å². The summed E-state index contributed by atoms with van der Waals surface area (Å²) in [5.74, 6) is -0.103. The van der Waals surface area contributed by atoms with Crippen LogP contribution in [0.25, 0.3) is 0 Å². The molecule has 0 aliphatic rings. The third kappa shape index (κ3) is 64.6. The summed E-state index contributed by atoms with van der Waals surface area (Å²) in [6.45, 7) is 22.0. The number of unbranched alkanes of at least 4 members (excludes halogenated alkanes) is 48. The molecule has 0 spiro atoms. The summed E-state index contributed by atoms with van der Waals surface area (Å²) in [4.78, 5) is 105. The number of esters is 4. The van der Waals surface area contributed by atoms with Gasteiger partial charge in [-0.1, -0.05) is 324 Å². The molecule has 694 valence electrons. The molecular formula is C101H188N6O12. The predicted octanol–water partition coefficient (Wildman–Crippen LogP) is 25.7.